The molecule has 2 aliphatic carbocycles. The fraction of sp³-hybridized carbons (Fsp3) is 0.295. The Kier molecular flexibility index (Phi) is 10.8. The van der Waals surface area contributed by atoms with Crippen LogP contribution in [0.5, 0.6) is 11.5 Å². The van der Waals surface area contributed by atoms with Crippen molar-refractivity contribution in [3.8, 4) is 46.6 Å². The number of sulfone groups is 1. The zero-order valence-corrected chi connectivity index (χ0v) is 30.2. The summed E-state index contributed by atoms with van der Waals surface area (Å²) >= 11 is 0. The molecule has 1 heterocycles. The highest BCUT2D eigenvalue weighted by atomic mass is 32.2. The van der Waals surface area contributed by atoms with Crippen molar-refractivity contribution in [3.05, 3.63) is 108 Å². The summed E-state index contributed by atoms with van der Waals surface area (Å²) in [6.45, 7) is 0. The highest BCUT2D eigenvalue weighted by molar-refractivity contribution is 7.90. The molecule has 0 saturated heterocycles. The Hall–Kier alpha value is -5.64. The van der Waals surface area contributed by atoms with Gasteiger partial charge in [0, 0.05) is 34.8 Å². The lowest BCUT2D eigenvalue weighted by Gasteiger charge is -2.24. The molecule has 0 radical (unpaired) electrons. The molecule has 4 aromatic carbocycles. The molecule has 0 N–H and O–H groups in total. The van der Waals surface area contributed by atoms with Crippen LogP contribution in [0.4, 0.5) is 0 Å². The number of esters is 2. The number of benzene rings is 4. The van der Waals surface area contributed by atoms with Crippen molar-refractivity contribution in [2.24, 2.45) is 23.7 Å². The third kappa shape index (κ3) is 8.88. The highest BCUT2D eigenvalue weighted by Crippen LogP contribution is 2.39. The minimum Gasteiger partial charge on any atom is -0.432 e. The van der Waals surface area contributed by atoms with Gasteiger partial charge in [0.1, 0.15) is 0 Å². The Morgan fingerprint density at radius 3 is 1.60 bits per heavy atom. The van der Waals surface area contributed by atoms with Crippen molar-refractivity contribution in [2.75, 3.05) is 6.26 Å². The van der Waals surface area contributed by atoms with Gasteiger partial charge in [0.15, 0.2) is 26.9 Å². The van der Waals surface area contributed by atoms with Gasteiger partial charge in [0.05, 0.1) is 16.7 Å². The van der Waals surface area contributed by atoms with Crippen LogP contribution in [0.25, 0.3) is 22.6 Å². The maximum Gasteiger partial charge on any atom is 0.314 e. The first-order valence-electron chi connectivity index (χ1n) is 18.0. The monoisotopic (exact) mass is 725 g/mol. The van der Waals surface area contributed by atoms with Gasteiger partial charge in [-0.1, -0.05) is 60.1 Å². The van der Waals surface area contributed by atoms with Crippen LogP contribution in [0.3, 0.4) is 0 Å². The third-order valence-corrected chi connectivity index (χ3v) is 11.1. The van der Waals surface area contributed by atoms with E-state index in [0.29, 0.717) is 31.2 Å². The van der Waals surface area contributed by atoms with Gasteiger partial charge in [-0.15, -0.1) is 0 Å². The number of ether oxygens (including phenoxy) is 2. The van der Waals surface area contributed by atoms with Gasteiger partial charge in [-0.05, 0) is 112 Å². The van der Waals surface area contributed by atoms with Crippen molar-refractivity contribution in [1.29, 1.82) is 0 Å². The molecule has 0 atom stereocenters. The molecule has 0 bridgehead atoms. The summed E-state index contributed by atoms with van der Waals surface area (Å²) in [4.78, 5) is 31.7. The SMILES string of the molecule is CS(=O)(=O)c1ccc(-c2nc3c(OC(=O)C4CCC(C#Cc5ccccc5)CC4)ccc(OC(=O)[C@H]4CC[C@H](C#Cc5ccccc5)CC4)c3o2)cc1. The molecule has 7 rings (SSSR count). The van der Waals surface area contributed by atoms with E-state index in [-0.39, 0.29) is 69.0 Å². The lowest BCUT2D eigenvalue weighted by molar-refractivity contribution is -0.141. The van der Waals surface area contributed by atoms with Crippen LogP contribution in [0.2, 0.25) is 0 Å². The first-order valence-corrected chi connectivity index (χ1v) is 19.9. The maximum absolute atomic E-state index is 13.5. The highest BCUT2D eigenvalue weighted by Gasteiger charge is 2.31. The average molecular weight is 726 g/mol. The molecule has 53 heavy (non-hydrogen) atoms. The Bertz CT molecular complexity index is 2200. The first kappa shape index (κ1) is 35.7. The van der Waals surface area contributed by atoms with E-state index >= 15 is 0 Å². The minimum atomic E-state index is -3.41. The molecule has 0 spiro atoms. The predicted octanol–water partition coefficient (Wildman–Crippen LogP) is 8.43. The van der Waals surface area contributed by atoms with Gasteiger partial charge < -0.3 is 13.9 Å². The van der Waals surface area contributed by atoms with Crippen molar-refractivity contribution >= 4 is 32.9 Å². The number of oxazole rings is 1. The van der Waals surface area contributed by atoms with E-state index in [1.54, 1.807) is 24.3 Å². The molecule has 9 heteroatoms. The summed E-state index contributed by atoms with van der Waals surface area (Å²) in [7, 11) is -3.41. The van der Waals surface area contributed by atoms with Crippen LogP contribution < -0.4 is 9.47 Å². The summed E-state index contributed by atoms with van der Waals surface area (Å²) in [5.74, 6) is 12.8. The number of hydrogen-bond acceptors (Lipinski definition) is 8. The normalized spacial score (nSPS) is 19.9. The number of fused-ring (bicyclic) bond motifs is 1. The van der Waals surface area contributed by atoms with E-state index in [1.807, 2.05) is 60.7 Å². The molecule has 5 aromatic rings. The van der Waals surface area contributed by atoms with Crippen LogP contribution in [-0.2, 0) is 19.4 Å². The number of rotatable bonds is 6. The fourth-order valence-corrected chi connectivity index (χ4v) is 7.47. The van der Waals surface area contributed by atoms with Crippen LogP contribution >= 0.6 is 0 Å². The van der Waals surface area contributed by atoms with E-state index in [9.17, 15) is 18.0 Å². The molecule has 2 fully saturated rings. The lowest BCUT2D eigenvalue weighted by Crippen LogP contribution is -2.26. The zero-order valence-electron chi connectivity index (χ0n) is 29.4. The van der Waals surface area contributed by atoms with Gasteiger partial charge in [0.25, 0.3) is 0 Å². The minimum absolute atomic E-state index is 0.156. The Morgan fingerprint density at radius 1 is 0.642 bits per heavy atom. The molecule has 8 nitrogen and oxygen atoms in total. The Labute approximate surface area is 309 Å². The molecule has 1 aromatic heterocycles. The molecule has 2 aliphatic rings. The van der Waals surface area contributed by atoms with Crippen molar-refractivity contribution in [1.82, 2.24) is 4.98 Å². The van der Waals surface area contributed by atoms with Crippen LogP contribution in [0, 0.1) is 47.4 Å². The number of carbonyl (C=O) groups excluding carboxylic acids is 2. The molecule has 0 unspecified atom stereocenters. The summed E-state index contributed by atoms with van der Waals surface area (Å²) in [5.41, 5.74) is 2.85. The van der Waals surface area contributed by atoms with E-state index in [0.717, 1.165) is 43.1 Å². The van der Waals surface area contributed by atoms with Gasteiger partial charge in [-0.2, -0.15) is 0 Å². The third-order valence-electron chi connectivity index (χ3n) is 9.93. The van der Waals surface area contributed by atoms with Crippen molar-refractivity contribution < 1.29 is 31.9 Å². The lowest BCUT2D eigenvalue weighted by atomic mass is 9.82. The average Bonchev–Trinajstić information content (AvgIpc) is 3.65. The number of nitrogens with zero attached hydrogens (tertiary/aromatic N) is 1. The second-order valence-electron chi connectivity index (χ2n) is 13.8. The molecule has 0 amide bonds. The summed E-state index contributed by atoms with van der Waals surface area (Å²) < 4.78 is 42.2. The van der Waals surface area contributed by atoms with Gasteiger partial charge in [0.2, 0.25) is 11.5 Å². The summed E-state index contributed by atoms with van der Waals surface area (Å²) in [6.07, 6.45) is 6.93. The Morgan fingerprint density at radius 2 is 1.11 bits per heavy atom. The molecule has 268 valence electrons. The maximum atomic E-state index is 13.5. The second kappa shape index (κ2) is 15.9. The smallest absolute Gasteiger partial charge is 0.314 e. The predicted molar refractivity (Wildman–Crippen MR) is 201 cm³/mol. The van der Waals surface area contributed by atoms with E-state index in [1.165, 1.54) is 12.1 Å². The Balaban J connectivity index is 1.07. The van der Waals surface area contributed by atoms with Crippen LogP contribution in [0.15, 0.2) is 106 Å². The van der Waals surface area contributed by atoms with Crippen LogP contribution in [-0.4, -0.2) is 31.6 Å². The standard InChI is InChI=1S/C44H39NO7S/c1-53(48,49)37-26-24-34(25-27-37)42-45-40-38(50-43(46)35-20-16-32(17-21-35)14-12-30-8-4-2-5-9-30)28-29-39(41(40)52-42)51-44(47)36-22-18-33(19-23-36)15-13-31-10-6-3-7-11-31/h2-11,24-29,32-33,35-36H,16-23H2,1H3/t32?,33-,35?,36-. The number of aromatic nitrogens is 1. The quantitative estimate of drug-likeness (QED) is 0.0975. The molecule has 0 aliphatic heterocycles. The van der Waals surface area contributed by atoms with E-state index in [2.05, 4.69) is 28.7 Å². The van der Waals surface area contributed by atoms with Gasteiger partial charge in [-0.3, -0.25) is 9.59 Å². The van der Waals surface area contributed by atoms with E-state index in [4.69, 9.17) is 13.9 Å². The number of hydrogen-bond donors (Lipinski definition) is 0. The summed E-state index contributed by atoms with van der Waals surface area (Å²) in [5, 5.41) is 0. The van der Waals surface area contributed by atoms with Gasteiger partial charge >= 0.3 is 11.9 Å². The van der Waals surface area contributed by atoms with Crippen LogP contribution in [0.1, 0.15) is 62.5 Å². The zero-order chi connectivity index (χ0) is 36.8. The topological polar surface area (TPSA) is 113 Å². The summed E-state index contributed by atoms with van der Waals surface area (Å²) in [6, 6.07) is 29.0. The fourth-order valence-electron chi connectivity index (χ4n) is 6.84. The molecular formula is C44H39NO7S. The van der Waals surface area contributed by atoms with E-state index < -0.39 is 9.84 Å². The van der Waals surface area contributed by atoms with Crippen molar-refractivity contribution in [2.45, 2.75) is 56.3 Å². The second-order valence-corrected chi connectivity index (χ2v) is 15.8. The molecule has 2 saturated carbocycles. The first-order chi connectivity index (χ1) is 25.7. The largest absolute Gasteiger partial charge is 0.432 e. The van der Waals surface area contributed by atoms with Crippen molar-refractivity contribution in [3.63, 3.8) is 0 Å². The molecular weight excluding hydrogens is 687 g/mol. The number of carbonyl (C=O) groups is 2. The van der Waals surface area contributed by atoms with Gasteiger partial charge in [-0.25, -0.2) is 13.4 Å².